The van der Waals surface area contributed by atoms with E-state index in [1.54, 1.807) is 55.5 Å². The first-order valence-corrected chi connectivity index (χ1v) is 20.1. The molecule has 11 heteroatoms. The van der Waals surface area contributed by atoms with Crippen LogP contribution in [0.25, 0.3) is 17.2 Å². The van der Waals surface area contributed by atoms with Crippen LogP contribution >= 0.6 is 23.1 Å². The lowest BCUT2D eigenvalue weighted by molar-refractivity contribution is -0.116. The van der Waals surface area contributed by atoms with Crippen LogP contribution in [-0.2, 0) is 20.9 Å². The third-order valence-corrected chi connectivity index (χ3v) is 10.8. The summed E-state index contributed by atoms with van der Waals surface area (Å²) in [5.74, 6) is -1.08. The van der Waals surface area contributed by atoms with Crippen molar-refractivity contribution in [2.24, 2.45) is 0 Å². The fourth-order valence-electron chi connectivity index (χ4n) is 5.72. The molecule has 5 aromatic carbocycles. The second-order valence-electron chi connectivity index (χ2n) is 12.6. The van der Waals surface area contributed by atoms with Gasteiger partial charge in [-0.2, -0.15) is 0 Å². The zero-order valence-electron chi connectivity index (χ0n) is 31.4. The summed E-state index contributed by atoms with van der Waals surface area (Å²) in [6.45, 7) is 4.27. The van der Waals surface area contributed by atoms with Crippen molar-refractivity contribution < 1.29 is 28.7 Å². The van der Waals surface area contributed by atoms with Gasteiger partial charge in [-0.15, -0.1) is 23.1 Å². The molecule has 1 unspecified atom stereocenters. The molecule has 0 aliphatic heterocycles. The molecule has 0 radical (unpaired) electrons. The van der Waals surface area contributed by atoms with Gasteiger partial charge in [-0.3, -0.25) is 14.4 Å². The van der Waals surface area contributed by atoms with E-state index >= 15 is 0 Å². The third-order valence-electron chi connectivity index (χ3n) is 8.59. The van der Waals surface area contributed by atoms with Crippen LogP contribution in [0.15, 0.2) is 155 Å². The molecular formula is C46H41N3O6S2. The first-order valence-electron chi connectivity index (χ1n) is 18.4. The predicted molar refractivity (Wildman–Crippen MR) is 228 cm³/mol. The molecule has 1 heterocycles. The number of hydrogen-bond acceptors (Lipinski definition) is 8. The van der Waals surface area contributed by atoms with Gasteiger partial charge in [0.2, 0.25) is 5.91 Å². The van der Waals surface area contributed by atoms with Crippen LogP contribution in [0, 0.1) is 0 Å². The minimum absolute atomic E-state index is 0.0360. The normalized spacial score (nSPS) is 11.6. The van der Waals surface area contributed by atoms with Crippen LogP contribution in [0.3, 0.4) is 0 Å². The molecule has 3 N–H and O–H groups in total. The Hall–Kier alpha value is -6.43. The largest absolute Gasteiger partial charge is 0.489 e. The number of carbonyl (C=O) groups excluding carboxylic acids is 4. The molecule has 0 aliphatic carbocycles. The summed E-state index contributed by atoms with van der Waals surface area (Å²) in [4.78, 5) is 54.6. The van der Waals surface area contributed by atoms with E-state index in [9.17, 15) is 19.2 Å². The second kappa shape index (κ2) is 19.9. The van der Waals surface area contributed by atoms with Crippen LogP contribution < -0.4 is 20.7 Å². The third kappa shape index (κ3) is 11.1. The minimum atomic E-state index is -0.533. The molecule has 0 aliphatic rings. The molecule has 288 valence electrons. The van der Waals surface area contributed by atoms with Gasteiger partial charge in [0.25, 0.3) is 11.8 Å². The number of esters is 1. The van der Waals surface area contributed by atoms with Crippen molar-refractivity contribution in [3.05, 3.63) is 173 Å². The van der Waals surface area contributed by atoms with E-state index in [2.05, 4.69) is 16.0 Å². The maximum atomic E-state index is 13.8. The number of anilines is 2. The summed E-state index contributed by atoms with van der Waals surface area (Å²) >= 11 is 2.61. The van der Waals surface area contributed by atoms with Crippen molar-refractivity contribution in [2.75, 3.05) is 17.2 Å². The lowest BCUT2D eigenvalue weighted by atomic mass is 10.0. The SMILES string of the molecule is CCOC(=O)c1c(-c2ccccc2)csc1NC(=O)C(CC)Sc1cccc(NC(=O)/C(=C\c2ccc(OCc3ccccc3)cc2)NC(=O)c2ccccc2)c1. The molecular weight excluding hydrogens is 755 g/mol. The molecule has 6 aromatic rings. The van der Waals surface area contributed by atoms with E-state index in [-0.39, 0.29) is 18.2 Å². The molecule has 0 fully saturated rings. The van der Waals surface area contributed by atoms with E-state index in [1.165, 1.54) is 23.1 Å². The Balaban J connectivity index is 1.16. The zero-order valence-corrected chi connectivity index (χ0v) is 33.0. The van der Waals surface area contributed by atoms with Crippen molar-refractivity contribution in [1.82, 2.24) is 5.32 Å². The molecule has 0 spiro atoms. The summed E-state index contributed by atoms with van der Waals surface area (Å²) < 4.78 is 11.3. The molecule has 0 saturated carbocycles. The summed E-state index contributed by atoms with van der Waals surface area (Å²) in [7, 11) is 0. The molecule has 0 bridgehead atoms. The monoisotopic (exact) mass is 795 g/mol. The quantitative estimate of drug-likeness (QED) is 0.0506. The van der Waals surface area contributed by atoms with Crippen molar-refractivity contribution in [3.63, 3.8) is 0 Å². The maximum absolute atomic E-state index is 13.8. The zero-order chi connectivity index (χ0) is 40.0. The first kappa shape index (κ1) is 40.2. The van der Waals surface area contributed by atoms with E-state index < -0.39 is 23.0 Å². The number of rotatable bonds is 16. The molecule has 1 atom stereocenters. The number of thiophene rings is 1. The summed E-state index contributed by atoms with van der Waals surface area (Å²) in [6.07, 6.45) is 2.10. The van der Waals surface area contributed by atoms with Crippen molar-refractivity contribution in [3.8, 4) is 16.9 Å². The lowest BCUT2D eigenvalue weighted by Crippen LogP contribution is -2.30. The molecule has 3 amide bonds. The van der Waals surface area contributed by atoms with E-state index in [0.29, 0.717) is 51.7 Å². The minimum Gasteiger partial charge on any atom is -0.489 e. The van der Waals surface area contributed by atoms with Crippen molar-refractivity contribution in [1.29, 1.82) is 0 Å². The van der Waals surface area contributed by atoms with Crippen LogP contribution in [0.2, 0.25) is 0 Å². The van der Waals surface area contributed by atoms with E-state index in [0.717, 1.165) is 16.0 Å². The first-order chi connectivity index (χ1) is 27.8. The average Bonchev–Trinajstić information content (AvgIpc) is 3.67. The predicted octanol–water partition coefficient (Wildman–Crippen LogP) is 10.1. The highest BCUT2D eigenvalue weighted by Crippen LogP contribution is 2.37. The number of ether oxygens (including phenoxy) is 2. The summed E-state index contributed by atoms with van der Waals surface area (Å²) in [6, 6.07) is 42.4. The van der Waals surface area contributed by atoms with Gasteiger partial charge in [0, 0.05) is 27.1 Å². The highest BCUT2D eigenvalue weighted by Gasteiger charge is 2.26. The van der Waals surface area contributed by atoms with Crippen LogP contribution in [0.5, 0.6) is 5.75 Å². The second-order valence-corrected chi connectivity index (χ2v) is 14.8. The van der Waals surface area contributed by atoms with Crippen LogP contribution in [0.4, 0.5) is 10.7 Å². The lowest BCUT2D eigenvalue weighted by Gasteiger charge is -2.16. The smallest absolute Gasteiger partial charge is 0.341 e. The Kier molecular flexibility index (Phi) is 14.1. The molecule has 1 aromatic heterocycles. The van der Waals surface area contributed by atoms with E-state index in [4.69, 9.17) is 9.47 Å². The number of amides is 3. The van der Waals surface area contributed by atoms with E-state index in [1.807, 2.05) is 109 Å². The Morgan fingerprint density at radius 3 is 2.14 bits per heavy atom. The van der Waals surface area contributed by atoms with Gasteiger partial charge in [0.05, 0.1) is 11.9 Å². The van der Waals surface area contributed by atoms with Crippen LogP contribution in [0.1, 0.15) is 52.1 Å². The van der Waals surface area contributed by atoms with Gasteiger partial charge in [0.1, 0.15) is 28.6 Å². The Bertz CT molecular complexity index is 2330. The fraction of sp³-hybridized carbons (Fsp3) is 0.130. The van der Waals surface area contributed by atoms with Crippen LogP contribution in [-0.4, -0.2) is 35.5 Å². The molecule has 57 heavy (non-hydrogen) atoms. The van der Waals surface area contributed by atoms with Gasteiger partial charge in [-0.25, -0.2) is 4.79 Å². The maximum Gasteiger partial charge on any atom is 0.341 e. The van der Waals surface area contributed by atoms with Gasteiger partial charge >= 0.3 is 5.97 Å². The topological polar surface area (TPSA) is 123 Å². The molecule has 9 nitrogen and oxygen atoms in total. The Morgan fingerprint density at radius 2 is 1.46 bits per heavy atom. The number of nitrogens with one attached hydrogen (secondary N) is 3. The standard InChI is InChI=1S/C46H41N3O6S2/c1-3-40(44(52)49-45-41(46(53)54-4-2)38(30-56-45)33-17-10-6-11-18-33)57-37-22-14-21-35(28-37)47-43(51)39(48-42(50)34-19-12-7-13-20-34)27-31-23-25-36(26-24-31)55-29-32-15-8-5-9-16-32/h5-28,30,40H,3-4,29H2,1-2H3,(H,47,51)(H,48,50)(H,49,52)/b39-27+. The van der Waals surface area contributed by atoms with Crippen molar-refractivity contribution >= 4 is 63.6 Å². The van der Waals surface area contributed by atoms with Gasteiger partial charge in [0.15, 0.2) is 0 Å². The van der Waals surface area contributed by atoms with Gasteiger partial charge < -0.3 is 25.4 Å². The molecule has 0 saturated heterocycles. The number of benzene rings is 5. The van der Waals surface area contributed by atoms with Crippen molar-refractivity contribution in [2.45, 2.75) is 37.0 Å². The highest BCUT2D eigenvalue weighted by molar-refractivity contribution is 8.00. The molecule has 6 rings (SSSR count). The Morgan fingerprint density at radius 1 is 0.772 bits per heavy atom. The highest BCUT2D eigenvalue weighted by atomic mass is 32.2. The Labute approximate surface area is 340 Å². The fourth-order valence-corrected chi connectivity index (χ4v) is 7.69. The summed E-state index contributed by atoms with van der Waals surface area (Å²) in [5, 5.41) is 10.4. The number of thioether (sulfide) groups is 1. The van der Waals surface area contributed by atoms with Gasteiger partial charge in [-0.1, -0.05) is 104 Å². The average molecular weight is 796 g/mol. The summed E-state index contributed by atoms with van der Waals surface area (Å²) in [5.41, 5.74) is 4.48. The van der Waals surface area contributed by atoms with Gasteiger partial charge in [-0.05, 0) is 78.6 Å². The number of carbonyl (C=O) groups is 4. The number of hydrogen-bond donors (Lipinski definition) is 3.